The van der Waals surface area contributed by atoms with Gasteiger partial charge in [-0.1, -0.05) is 17.7 Å². The van der Waals surface area contributed by atoms with Gasteiger partial charge in [-0.05, 0) is 37.6 Å². The number of nitrogens with one attached hydrogen (secondary N) is 2. The molecule has 2 aromatic heterocycles. The first-order chi connectivity index (χ1) is 27.2. The van der Waals surface area contributed by atoms with E-state index in [4.69, 9.17) is 16.3 Å². The van der Waals surface area contributed by atoms with Gasteiger partial charge < -0.3 is 34.2 Å². The zero-order valence-corrected chi connectivity index (χ0v) is 33.2. The van der Waals surface area contributed by atoms with Crippen molar-refractivity contribution in [3.05, 3.63) is 76.5 Å². The summed E-state index contributed by atoms with van der Waals surface area (Å²) in [6.45, 7) is 6.24. The van der Waals surface area contributed by atoms with Crippen LogP contribution in [0.5, 0.6) is 0 Å². The number of likely N-dealkylation sites (tertiary alicyclic amines) is 1. The smallest absolute Gasteiger partial charge is 0.291 e. The molecule has 0 radical (unpaired) electrons. The molecule has 2 N–H and O–H groups in total. The lowest BCUT2D eigenvalue weighted by Gasteiger charge is -2.40. The average molecular weight is 807 g/mol. The van der Waals surface area contributed by atoms with Crippen LogP contribution in [-0.4, -0.2) is 130 Å². The van der Waals surface area contributed by atoms with E-state index in [1.807, 2.05) is 4.90 Å². The first-order valence-corrected chi connectivity index (χ1v) is 19.5. The Morgan fingerprint density at radius 2 is 1.63 bits per heavy atom. The van der Waals surface area contributed by atoms with Crippen LogP contribution in [0.1, 0.15) is 45.9 Å². The van der Waals surface area contributed by atoms with Crippen molar-refractivity contribution in [1.82, 2.24) is 34.4 Å². The van der Waals surface area contributed by atoms with Crippen LogP contribution in [0.4, 0.5) is 14.5 Å². The summed E-state index contributed by atoms with van der Waals surface area (Å²) in [7, 11) is 5.88. The fraction of sp³-hybridized carbons (Fsp3) is 0.450. The Bertz CT molecular complexity index is 2200. The van der Waals surface area contributed by atoms with Gasteiger partial charge in [-0.2, -0.15) is 5.10 Å². The maximum absolute atomic E-state index is 15.7. The minimum Gasteiger partial charge on any atom is -0.379 e. The van der Waals surface area contributed by atoms with E-state index in [2.05, 4.69) is 34.8 Å². The summed E-state index contributed by atoms with van der Waals surface area (Å²) in [4.78, 5) is 60.1. The molecule has 0 aliphatic carbocycles. The lowest BCUT2D eigenvalue weighted by molar-refractivity contribution is -0.895. The standard InChI is InChI=1S/C40H46ClF2N9O5/c1-24-31(21-51(47-24)22-34(53)45-27-11-18-57-23-27)28-7-8-30(36(43)35(28)42)33-20-44-37(48(33)2)38(54)46-26-5-6-29(32(41)19-26)40(56)50-14-12-49(13-15-50)39(55)25-9-16-52(3,4)17-10-25/h5-8,19-21,25,27H,9-18,22-23H2,1-4H3,(H-,45,46,53,54,56)/p+1. The number of anilines is 1. The monoisotopic (exact) mass is 806 g/mol. The van der Waals surface area contributed by atoms with Crippen molar-refractivity contribution in [1.29, 1.82) is 0 Å². The summed E-state index contributed by atoms with van der Waals surface area (Å²) in [5.41, 5.74) is 1.34. The lowest BCUT2D eigenvalue weighted by atomic mass is 9.94. The molecule has 2 aromatic carbocycles. The molecule has 0 spiro atoms. The molecule has 0 bridgehead atoms. The predicted molar refractivity (Wildman–Crippen MR) is 208 cm³/mol. The summed E-state index contributed by atoms with van der Waals surface area (Å²) in [6.07, 6.45) is 5.24. The number of nitrogens with zero attached hydrogens (tertiary/aromatic N) is 7. The summed E-state index contributed by atoms with van der Waals surface area (Å²) in [5, 5.41) is 10.1. The summed E-state index contributed by atoms with van der Waals surface area (Å²) < 4.78 is 40.3. The van der Waals surface area contributed by atoms with E-state index in [0.717, 1.165) is 36.8 Å². The van der Waals surface area contributed by atoms with E-state index >= 15 is 8.78 Å². The molecule has 1 atom stereocenters. The SMILES string of the molecule is Cc1nn(CC(=O)NC2CCOC2)cc1-c1ccc(-c2cnc(C(=O)Nc3ccc(C(=O)N4CCN(C(=O)C5CC[N+](C)(C)CC5)CC4)c(Cl)c3)n2C)c(F)c1F. The number of hydrogen-bond donors (Lipinski definition) is 2. The van der Waals surface area contributed by atoms with Gasteiger partial charge in [0.05, 0.1) is 68.0 Å². The molecule has 302 valence electrons. The Morgan fingerprint density at radius 3 is 2.32 bits per heavy atom. The number of rotatable bonds is 9. The molecule has 4 aromatic rings. The van der Waals surface area contributed by atoms with Crippen molar-refractivity contribution < 1.29 is 37.2 Å². The maximum atomic E-state index is 15.7. The quantitative estimate of drug-likeness (QED) is 0.243. The fourth-order valence-corrected chi connectivity index (χ4v) is 8.05. The molecule has 4 amide bonds. The molecule has 5 heterocycles. The number of quaternary nitrogens is 1. The van der Waals surface area contributed by atoms with Crippen molar-refractivity contribution in [2.45, 2.75) is 38.8 Å². The largest absolute Gasteiger partial charge is 0.379 e. The molecular formula is C40H47ClF2N9O5+. The van der Waals surface area contributed by atoms with Gasteiger partial charge >= 0.3 is 0 Å². The highest BCUT2D eigenvalue weighted by molar-refractivity contribution is 6.34. The molecule has 14 nitrogen and oxygen atoms in total. The van der Waals surface area contributed by atoms with Crippen molar-refractivity contribution in [3.8, 4) is 22.4 Å². The number of carbonyl (C=O) groups is 4. The van der Waals surface area contributed by atoms with E-state index in [1.54, 1.807) is 17.9 Å². The van der Waals surface area contributed by atoms with E-state index in [1.165, 1.54) is 53.0 Å². The Balaban J connectivity index is 0.969. The number of aromatic nitrogens is 4. The Labute approximate surface area is 334 Å². The Kier molecular flexibility index (Phi) is 11.5. The van der Waals surface area contributed by atoms with Crippen LogP contribution in [0.3, 0.4) is 0 Å². The van der Waals surface area contributed by atoms with Gasteiger partial charge in [-0.3, -0.25) is 23.9 Å². The van der Waals surface area contributed by atoms with Gasteiger partial charge in [0.2, 0.25) is 11.8 Å². The van der Waals surface area contributed by atoms with Crippen LogP contribution in [0.15, 0.2) is 42.7 Å². The van der Waals surface area contributed by atoms with Crippen LogP contribution in [0, 0.1) is 24.5 Å². The summed E-state index contributed by atoms with van der Waals surface area (Å²) in [5.74, 6) is -3.29. The minimum absolute atomic E-state index is 0.0284. The molecule has 3 fully saturated rings. The van der Waals surface area contributed by atoms with E-state index in [0.29, 0.717) is 56.3 Å². The fourth-order valence-electron chi connectivity index (χ4n) is 7.78. The predicted octanol–water partition coefficient (Wildman–Crippen LogP) is 4.12. The molecule has 3 saturated heterocycles. The topological polar surface area (TPSA) is 144 Å². The van der Waals surface area contributed by atoms with Crippen LogP contribution in [-0.2, 0) is 27.9 Å². The molecule has 3 aliphatic rings. The zero-order chi connectivity index (χ0) is 40.6. The highest BCUT2D eigenvalue weighted by atomic mass is 35.5. The van der Waals surface area contributed by atoms with Crippen LogP contribution in [0.2, 0.25) is 5.02 Å². The van der Waals surface area contributed by atoms with Crippen molar-refractivity contribution in [3.63, 3.8) is 0 Å². The normalized spacial score (nSPS) is 18.5. The molecule has 0 saturated carbocycles. The molecule has 1 unspecified atom stereocenters. The summed E-state index contributed by atoms with van der Waals surface area (Å²) >= 11 is 6.56. The Hall–Kier alpha value is -5.19. The van der Waals surface area contributed by atoms with E-state index in [9.17, 15) is 19.2 Å². The van der Waals surface area contributed by atoms with Gasteiger partial charge in [-0.25, -0.2) is 13.8 Å². The molecule has 57 heavy (non-hydrogen) atoms. The van der Waals surface area contributed by atoms with Crippen LogP contribution >= 0.6 is 11.6 Å². The van der Waals surface area contributed by atoms with Crippen LogP contribution < -0.4 is 10.6 Å². The second-order valence-corrected chi connectivity index (χ2v) is 16.1. The first-order valence-electron chi connectivity index (χ1n) is 19.1. The third-order valence-corrected chi connectivity index (χ3v) is 11.6. The lowest BCUT2D eigenvalue weighted by Crippen LogP contribution is -2.54. The molecule has 7 rings (SSSR count). The average Bonchev–Trinajstić information content (AvgIpc) is 3.92. The highest BCUT2D eigenvalue weighted by Gasteiger charge is 2.35. The summed E-state index contributed by atoms with van der Waals surface area (Å²) in [6, 6.07) is 7.32. The third-order valence-electron chi connectivity index (χ3n) is 11.2. The van der Waals surface area contributed by atoms with Crippen molar-refractivity contribution in [2.75, 3.05) is 71.9 Å². The van der Waals surface area contributed by atoms with Gasteiger partial charge in [0, 0.05) is 87.2 Å². The second-order valence-electron chi connectivity index (χ2n) is 15.7. The Morgan fingerprint density at radius 1 is 0.947 bits per heavy atom. The number of benzene rings is 2. The van der Waals surface area contributed by atoms with E-state index < -0.39 is 17.5 Å². The third kappa shape index (κ3) is 8.58. The maximum Gasteiger partial charge on any atom is 0.291 e. The first kappa shape index (κ1) is 40.0. The van der Waals surface area contributed by atoms with Gasteiger partial charge in [0.25, 0.3) is 11.8 Å². The van der Waals surface area contributed by atoms with Crippen molar-refractivity contribution >= 4 is 40.9 Å². The van der Waals surface area contributed by atoms with Gasteiger partial charge in [-0.15, -0.1) is 0 Å². The number of halogens is 3. The minimum atomic E-state index is -1.14. The van der Waals surface area contributed by atoms with Crippen molar-refractivity contribution in [2.24, 2.45) is 13.0 Å². The molecule has 17 heteroatoms. The van der Waals surface area contributed by atoms with E-state index in [-0.39, 0.29) is 69.5 Å². The number of ether oxygens (including phenoxy) is 1. The number of aryl methyl sites for hydroxylation is 1. The number of carbonyl (C=O) groups excluding carboxylic acids is 4. The van der Waals surface area contributed by atoms with Crippen LogP contribution in [0.25, 0.3) is 22.4 Å². The number of piperazine rings is 1. The second kappa shape index (κ2) is 16.3. The number of piperidine rings is 1. The number of imidazole rings is 1. The molecular weight excluding hydrogens is 760 g/mol. The number of amides is 4. The molecule has 3 aliphatic heterocycles. The highest BCUT2D eigenvalue weighted by Crippen LogP contribution is 2.33. The van der Waals surface area contributed by atoms with Gasteiger partial charge in [0.15, 0.2) is 17.5 Å². The number of hydrogen-bond acceptors (Lipinski definition) is 7. The zero-order valence-electron chi connectivity index (χ0n) is 32.5. The van der Waals surface area contributed by atoms with Gasteiger partial charge in [0.1, 0.15) is 6.54 Å².